The number of hydrogen-bond donors (Lipinski definition) is 1. The minimum Gasteiger partial charge on any atom is -0.455 e. The normalized spacial score (nSPS) is 11.0. The largest absolute Gasteiger partial charge is 0.455 e. The van der Waals surface area contributed by atoms with Crippen LogP contribution in [0.5, 0.6) is 0 Å². The summed E-state index contributed by atoms with van der Waals surface area (Å²) in [6, 6.07) is 9.38. The van der Waals surface area contributed by atoms with Crippen molar-refractivity contribution in [1.29, 1.82) is 0 Å². The van der Waals surface area contributed by atoms with Crippen LogP contribution in [0.25, 0.3) is 0 Å². The summed E-state index contributed by atoms with van der Waals surface area (Å²) in [6.45, 7) is 5.76. The highest BCUT2D eigenvalue weighted by Crippen LogP contribution is 2.14. The van der Waals surface area contributed by atoms with Crippen molar-refractivity contribution in [1.82, 2.24) is 10.3 Å². The van der Waals surface area contributed by atoms with Crippen LogP contribution < -0.4 is 5.32 Å². The Bertz CT molecular complexity index is 704. The second-order valence-electron chi connectivity index (χ2n) is 6.36. The Kier molecular flexibility index (Phi) is 6.16. The highest BCUT2D eigenvalue weighted by Gasteiger charge is 2.23. The Morgan fingerprint density at radius 2 is 1.92 bits per heavy atom. The molecule has 7 heteroatoms. The molecule has 1 N–H and O–H groups in total. The number of aromatic nitrogens is 1. The molecular formula is C18H22N2O5. The van der Waals surface area contributed by atoms with Gasteiger partial charge >= 0.3 is 12.1 Å². The molecule has 0 aliphatic carbocycles. The number of ether oxygens (including phenoxy) is 2. The summed E-state index contributed by atoms with van der Waals surface area (Å²) in [6.07, 6.45) is 0.944. The van der Waals surface area contributed by atoms with Crippen molar-refractivity contribution < 1.29 is 23.5 Å². The van der Waals surface area contributed by atoms with E-state index in [0.717, 1.165) is 5.56 Å². The minimum absolute atomic E-state index is 0.120. The lowest BCUT2D eigenvalue weighted by atomic mass is 10.2. The molecule has 0 unspecified atom stereocenters. The number of oxazole rings is 1. The van der Waals surface area contributed by atoms with E-state index in [1.807, 2.05) is 30.3 Å². The zero-order valence-corrected chi connectivity index (χ0v) is 14.6. The molecule has 1 aromatic carbocycles. The van der Waals surface area contributed by atoms with Gasteiger partial charge in [-0.25, -0.2) is 14.6 Å². The van der Waals surface area contributed by atoms with E-state index in [0.29, 0.717) is 12.2 Å². The second-order valence-corrected chi connectivity index (χ2v) is 6.36. The number of benzene rings is 1. The predicted octanol–water partition coefficient (Wildman–Crippen LogP) is 3.10. The van der Waals surface area contributed by atoms with E-state index in [-0.39, 0.29) is 18.8 Å². The fourth-order valence-corrected chi connectivity index (χ4v) is 1.99. The molecule has 25 heavy (non-hydrogen) atoms. The van der Waals surface area contributed by atoms with Crippen LogP contribution in [-0.4, -0.2) is 29.2 Å². The second kappa shape index (κ2) is 8.32. The first-order valence-electron chi connectivity index (χ1n) is 7.95. The lowest BCUT2D eigenvalue weighted by Gasteiger charge is -2.18. The van der Waals surface area contributed by atoms with E-state index in [2.05, 4.69) is 10.3 Å². The van der Waals surface area contributed by atoms with Crippen LogP contribution in [0.1, 0.15) is 42.6 Å². The Labute approximate surface area is 146 Å². The van der Waals surface area contributed by atoms with Gasteiger partial charge in [-0.2, -0.15) is 0 Å². The summed E-state index contributed by atoms with van der Waals surface area (Å²) in [7, 11) is 0. The maximum Gasteiger partial charge on any atom is 0.407 e. The third kappa shape index (κ3) is 6.29. The molecule has 2 aromatic rings. The average molecular weight is 346 g/mol. The molecule has 0 atom stereocenters. The van der Waals surface area contributed by atoms with Gasteiger partial charge in [-0.1, -0.05) is 30.3 Å². The number of rotatable bonds is 6. The molecule has 2 rings (SSSR count). The molecule has 0 radical (unpaired) electrons. The molecule has 0 spiro atoms. The van der Waals surface area contributed by atoms with E-state index in [1.54, 1.807) is 20.8 Å². The van der Waals surface area contributed by atoms with Crippen LogP contribution in [0.2, 0.25) is 0 Å². The van der Waals surface area contributed by atoms with E-state index >= 15 is 0 Å². The molecular weight excluding hydrogens is 324 g/mol. The van der Waals surface area contributed by atoms with Crippen LogP contribution >= 0.6 is 0 Å². The first-order valence-corrected chi connectivity index (χ1v) is 7.95. The summed E-state index contributed by atoms with van der Waals surface area (Å²) < 4.78 is 15.6. The lowest BCUT2D eigenvalue weighted by molar-refractivity contribution is 0.00613. The van der Waals surface area contributed by atoms with Gasteiger partial charge in [0.1, 0.15) is 18.0 Å². The maximum atomic E-state index is 12.0. The molecule has 1 heterocycles. The standard InChI is InChI=1S/C18H22N2O5/c1-18(2,3)25-16(21)15-14(24-12-20-15)9-10-19-17(22)23-11-13-7-5-4-6-8-13/h4-8,12H,9-11H2,1-3H3,(H,19,22). The number of alkyl carbamates (subject to hydrolysis) is 1. The lowest BCUT2D eigenvalue weighted by Crippen LogP contribution is -2.27. The average Bonchev–Trinajstić information content (AvgIpc) is 3.01. The van der Waals surface area contributed by atoms with Crippen LogP contribution in [0, 0.1) is 0 Å². The summed E-state index contributed by atoms with van der Waals surface area (Å²) >= 11 is 0. The molecule has 0 fully saturated rings. The molecule has 0 saturated heterocycles. The maximum absolute atomic E-state index is 12.0. The highest BCUT2D eigenvalue weighted by molar-refractivity contribution is 5.88. The molecule has 0 aliphatic heterocycles. The monoisotopic (exact) mass is 346 g/mol. The molecule has 1 aromatic heterocycles. The summed E-state index contributed by atoms with van der Waals surface area (Å²) in [5, 5.41) is 2.60. The van der Waals surface area contributed by atoms with E-state index < -0.39 is 17.7 Å². The van der Waals surface area contributed by atoms with Crippen molar-refractivity contribution in [3.63, 3.8) is 0 Å². The Hall–Kier alpha value is -2.83. The van der Waals surface area contributed by atoms with Crippen LogP contribution in [0.4, 0.5) is 4.79 Å². The smallest absolute Gasteiger partial charge is 0.407 e. The number of amides is 1. The van der Waals surface area contributed by atoms with Crippen molar-refractivity contribution in [2.45, 2.75) is 39.4 Å². The number of carbonyl (C=O) groups excluding carboxylic acids is 2. The predicted molar refractivity (Wildman–Crippen MR) is 90.0 cm³/mol. The van der Waals surface area contributed by atoms with Gasteiger partial charge in [-0.3, -0.25) is 0 Å². The summed E-state index contributed by atoms with van der Waals surface area (Å²) in [5.41, 5.74) is 0.404. The van der Waals surface area contributed by atoms with Gasteiger partial charge in [0, 0.05) is 13.0 Å². The van der Waals surface area contributed by atoms with Crippen molar-refractivity contribution in [3.05, 3.63) is 53.7 Å². The zero-order valence-electron chi connectivity index (χ0n) is 14.6. The molecule has 1 amide bonds. The highest BCUT2D eigenvalue weighted by atomic mass is 16.6. The van der Waals surface area contributed by atoms with Crippen LogP contribution in [-0.2, 0) is 22.5 Å². The van der Waals surface area contributed by atoms with Crippen molar-refractivity contribution in [3.8, 4) is 0 Å². The molecule has 0 bridgehead atoms. The summed E-state index contributed by atoms with van der Waals surface area (Å²) in [4.78, 5) is 27.6. The number of esters is 1. The fraction of sp³-hybridized carbons (Fsp3) is 0.389. The Morgan fingerprint density at radius 3 is 2.60 bits per heavy atom. The molecule has 0 saturated carbocycles. The van der Waals surface area contributed by atoms with Crippen LogP contribution in [0.15, 0.2) is 41.1 Å². The first kappa shape index (κ1) is 18.5. The van der Waals surface area contributed by atoms with Gasteiger partial charge in [-0.15, -0.1) is 0 Å². The van der Waals surface area contributed by atoms with E-state index in [1.165, 1.54) is 6.39 Å². The van der Waals surface area contributed by atoms with Crippen LogP contribution in [0.3, 0.4) is 0 Å². The SMILES string of the molecule is CC(C)(C)OC(=O)c1ncoc1CCNC(=O)OCc1ccccc1. The van der Waals surface area contributed by atoms with Gasteiger partial charge in [0.2, 0.25) is 0 Å². The van der Waals surface area contributed by atoms with Gasteiger partial charge < -0.3 is 19.2 Å². The number of nitrogens with zero attached hydrogens (tertiary/aromatic N) is 1. The van der Waals surface area contributed by atoms with E-state index in [4.69, 9.17) is 13.9 Å². The van der Waals surface area contributed by atoms with Crippen molar-refractivity contribution in [2.75, 3.05) is 6.54 Å². The first-order chi connectivity index (χ1) is 11.8. The fourth-order valence-electron chi connectivity index (χ4n) is 1.99. The van der Waals surface area contributed by atoms with Gasteiger partial charge in [0.15, 0.2) is 12.1 Å². The van der Waals surface area contributed by atoms with E-state index in [9.17, 15) is 9.59 Å². The Balaban J connectivity index is 1.77. The van der Waals surface area contributed by atoms with Crippen molar-refractivity contribution >= 4 is 12.1 Å². The topological polar surface area (TPSA) is 90.7 Å². The van der Waals surface area contributed by atoms with Gasteiger partial charge in [-0.05, 0) is 26.3 Å². The van der Waals surface area contributed by atoms with Gasteiger partial charge in [0.05, 0.1) is 0 Å². The number of hydrogen-bond acceptors (Lipinski definition) is 6. The third-order valence-electron chi connectivity index (χ3n) is 3.07. The number of nitrogens with one attached hydrogen (secondary N) is 1. The van der Waals surface area contributed by atoms with Crippen molar-refractivity contribution in [2.24, 2.45) is 0 Å². The summed E-state index contributed by atoms with van der Waals surface area (Å²) in [5.74, 6) is -0.194. The quantitative estimate of drug-likeness (QED) is 0.808. The third-order valence-corrected chi connectivity index (χ3v) is 3.07. The minimum atomic E-state index is -0.618. The zero-order chi connectivity index (χ0) is 18.3. The van der Waals surface area contributed by atoms with Gasteiger partial charge in [0.25, 0.3) is 0 Å². The molecule has 0 aliphatic rings. The Morgan fingerprint density at radius 1 is 1.20 bits per heavy atom. The molecule has 134 valence electrons. The number of carbonyl (C=O) groups is 2. The molecule has 7 nitrogen and oxygen atoms in total.